The van der Waals surface area contributed by atoms with Crippen LogP contribution in [0.4, 0.5) is 0 Å². The number of hydrogen-bond acceptors (Lipinski definition) is 3. The summed E-state index contributed by atoms with van der Waals surface area (Å²) in [6.07, 6.45) is 4.76. The van der Waals surface area contributed by atoms with E-state index in [0.717, 1.165) is 31.6 Å². The van der Waals surface area contributed by atoms with Gasteiger partial charge in [0.15, 0.2) is 5.75 Å². The van der Waals surface area contributed by atoms with E-state index in [9.17, 15) is 5.11 Å². The van der Waals surface area contributed by atoms with E-state index in [1.807, 2.05) is 7.05 Å². The summed E-state index contributed by atoms with van der Waals surface area (Å²) >= 11 is 0. The van der Waals surface area contributed by atoms with Crippen LogP contribution in [0.5, 0.6) is 5.75 Å². The van der Waals surface area contributed by atoms with Gasteiger partial charge in [-0.15, -0.1) is 0 Å². The van der Waals surface area contributed by atoms with Gasteiger partial charge in [-0.05, 0) is 19.3 Å². The molecule has 1 aromatic heterocycles. The Morgan fingerprint density at radius 1 is 1.62 bits per heavy atom. The Morgan fingerprint density at radius 2 is 2.46 bits per heavy atom. The van der Waals surface area contributed by atoms with E-state index in [1.54, 1.807) is 4.68 Å². The topological polar surface area (TPSA) is 47.3 Å². The van der Waals surface area contributed by atoms with E-state index >= 15 is 0 Å². The van der Waals surface area contributed by atoms with E-state index in [0.29, 0.717) is 0 Å². The molecule has 0 aromatic carbocycles. The molecule has 0 radical (unpaired) electrons. The molecule has 2 rings (SSSR count). The number of aromatic hydroxyl groups is 1. The number of hydrogen-bond donors (Lipinski definition) is 1. The quantitative estimate of drug-likeness (QED) is 0.713. The van der Waals surface area contributed by atoms with Crippen LogP contribution in [-0.4, -0.2) is 21.5 Å². The van der Waals surface area contributed by atoms with Gasteiger partial charge in [-0.3, -0.25) is 4.68 Å². The number of aromatic nitrogens is 2. The fourth-order valence-electron chi connectivity index (χ4n) is 1.77. The summed E-state index contributed by atoms with van der Waals surface area (Å²) in [6, 6.07) is 0. The minimum atomic E-state index is 0.0289. The zero-order valence-electron chi connectivity index (χ0n) is 7.73. The highest BCUT2D eigenvalue weighted by molar-refractivity contribution is 5.25. The molecule has 4 nitrogen and oxygen atoms in total. The maximum absolute atomic E-state index is 9.52. The summed E-state index contributed by atoms with van der Waals surface area (Å²) in [5, 5.41) is 13.5. The normalized spacial score (nSPS) is 23.3. The minimum absolute atomic E-state index is 0.0289. The summed E-state index contributed by atoms with van der Waals surface area (Å²) in [4.78, 5) is 0. The lowest BCUT2D eigenvalue weighted by Gasteiger charge is -2.22. The van der Waals surface area contributed by atoms with E-state index in [2.05, 4.69) is 5.10 Å². The van der Waals surface area contributed by atoms with Gasteiger partial charge in [0.2, 0.25) is 0 Å². The van der Waals surface area contributed by atoms with Crippen molar-refractivity contribution in [2.75, 3.05) is 6.61 Å². The van der Waals surface area contributed by atoms with Crippen molar-refractivity contribution in [3.05, 3.63) is 11.9 Å². The third kappa shape index (κ3) is 1.54. The lowest BCUT2D eigenvalue weighted by molar-refractivity contribution is 0.00872. The molecule has 0 bridgehead atoms. The van der Waals surface area contributed by atoms with E-state index in [-0.39, 0.29) is 11.9 Å². The Kier molecular flexibility index (Phi) is 2.22. The molecule has 72 valence electrons. The van der Waals surface area contributed by atoms with Crippen LogP contribution in [0.2, 0.25) is 0 Å². The molecule has 1 aromatic rings. The largest absolute Gasteiger partial charge is 0.504 e. The lowest BCUT2D eigenvalue weighted by atomic mass is 10.1. The number of aryl methyl sites for hydroxylation is 1. The summed E-state index contributed by atoms with van der Waals surface area (Å²) in [5.74, 6) is 0.245. The predicted octanol–water partition coefficient (Wildman–Crippen LogP) is 1.37. The van der Waals surface area contributed by atoms with Gasteiger partial charge in [0, 0.05) is 13.7 Å². The molecule has 13 heavy (non-hydrogen) atoms. The third-order valence-electron chi connectivity index (χ3n) is 2.45. The maximum atomic E-state index is 9.52. The first-order valence-electron chi connectivity index (χ1n) is 4.61. The van der Waals surface area contributed by atoms with Crippen LogP contribution >= 0.6 is 0 Å². The third-order valence-corrected chi connectivity index (χ3v) is 2.45. The number of rotatable bonds is 1. The molecule has 1 saturated heterocycles. The van der Waals surface area contributed by atoms with Crippen LogP contribution in [0.15, 0.2) is 6.20 Å². The van der Waals surface area contributed by atoms with E-state index < -0.39 is 0 Å². The van der Waals surface area contributed by atoms with Crippen molar-refractivity contribution < 1.29 is 9.84 Å². The fourth-order valence-corrected chi connectivity index (χ4v) is 1.77. The average molecular weight is 182 g/mol. The lowest BCUT2D eigenvalue weighted by Crippen LogP contribution is -2.14. The Balaban J connectivity index is 2.22. The highest BCUT2D eigenvalue weighted by Gasteiger charge is 2.22. The molecule has 1 unspecified atom stereocenters. The molecule has 0 spiro atoms. The molecule has 1 aliphatic rings. The molecule has 1 atom stereocenters. The van der Waals surface area contributed by atoms with Crippen molar-refractivity contribution in [2.45, 2.75) is 25.4 Å². The second-order valence-electron chi connectivity index (χ2n) is 3.39. The highest BCUT2D eigenvalue weighted by Crippen LogP contribution is 2.32. The van der Waals surface area contributed by atoms with Crippen LogP contribution in [0.3, 0.4) is 0 Å². The molecule has 0 saturated carbocycles. The summed E-state index contributed by atoms with van der Waals surface area (Å²) < 4.78 is 7.25. The molecular weight excluding hydrogens is 168 g/mol. The average Bonchev–Trinajstić information content (AvgIpc) is 2.48. The van der Waals surface area contributed by atoms with Crippen molar-refractivity contribution >= 4 is 0 Å². The first-order valence-corrected chi connectivity index (χ1v) is 4.61. The van der Waals surface area contributed by atoms with Crippen LogP contribution in [0.25, 0.3) is 0 Å². The zero-order valence-corrected chi connectivity index (χ0v) is 7.73. The van der Waals surface area contributed by atoms with Gasteiger partial charge < -0.3 is 9.84 Å². The molecule has 2 heterocycles. The number of nitrogens with zero attached hydrogens (tertiary/aromatic N) is 2. The van der Waals surface area contributed by atoms with Crippen molar-refractivity contribution in [1.29, 1.82) is 0 Å². The predicted molar refractivity (Wildman–Crippen MR) is 47.4 cm³/mol. The van der Waals surface area contributed by atoms with Crippen LogP contribution < -0.4 is 0 Å². The molecular formula is C9H14N2O2. The standard InChI is InChI=1S/C9H14N2O2/c1-11-9(7(12)6-10-11)8-4-2-3-5-13-8/h6,8,12H,2-5H2,1H3. The Labute approximate surface area is 77.1 Å². The molecule has 0 aliphatic carbocycles. The van der Waals surface area contributed by atoms with E-state index in [1.165, 1.54) is 6.20 Å². The number of ether oxygens (including phenoxy) is 1. The smallest absolute Gasteiger partial charge is 0.159 e. The minimum Gasteiger partial charge on any atom is -0.504 e. The molecule has 4 heteroatoms. The van der Waals surface area contributed by atoms with Gasteiger partial charge in [0.1, 0.15) is 11.8 Å². The van der Waals surface area contributed by atoms with Crippen molar-refractivity contribution in [3.8, 4) is 5.75 Å². The monoisotopic (exact) mass is 182 g/mol. The van der Waals surface area contributed by atoms with Crippen LogP contribution in [-0.2, 0) is 11.8 Å². The molecule has 0 amide bonds. The van der Waals surface area contributed by atoms with Crippen LogP contribution in [0.1, 0.15) is 31.1 Å². The van der Waals surface area contributed by atoms with Crippen molar-refractivity contribution in [3.63, 3.8) is 0 Å². The molecule has 1 aliphatic heterocycles. The van der Waals surface area contributed by atoms with Gasteiger partial charge in [-0.1, -0.05) is 0 Å². The fraction of sp³-hybridized carbons (Fsp3) is 0.667. The Hall–Kier alpha value is -1.03. The van der Waals surface area contributed by atoms with Gasteiger partial charge in [-0.2, -0.15) is 5.10 Å². The Bertz CT molecular complexity index is 270. The molecule has 1 fully saturated rings. The SMILES string of the molecule is Cn1ncc(O)c1C1CCCCO1. The van der Waals surface area contributed by atoms with Gasteiger partial charge in [-0.25, -0.2) is 0 Å². The van der Waals surface area contributed by atoms with Crippen molar-refractivity contribution in [1.82, 2.24) is 9.78 Å². The molecule has 1 N–H and O–H groups in total. The van der Waals surface area contributed by atoms with Gasteiger partial charge >= 0.3 is 0 Å². The second kappa shape index (κ2) is 3.38. The van der Waals surface area contributed by atoms with Gasteiger partial charge in [0.05, 0.1) is 6.20 Å². The van der Waals surface area contributed by atoms with Crippen molar-refractivity contribution in [2.24, 2.45) is 7.05 Å². The Morgan fingerprint density at radius 3 is 3.00 bits per heavy atom. The van der Waals surface area contributed by atoms with Crippen LogP contribution in [0, 0.1) is 0 Å². The highest BCUT2D eigenvalue weighted by atomic mass is 16.5. The zero-order chi connectivity index (χ0) is 9.26. The first kappa shape index (κ1) is 8.56. The summed E-state index contributed by atoms with van der Waals surface area (Å²) in [6.45, 7) is 0.787. The summed E-state index contributed by atoms with van der Waals surface area (Å²) in [7, 11) is 1.83. The maximum Gasteiger partial charge on any atom is 0.159 e. The van der Waals surface area contributed by atoms with Gasteiger partial charge in [0.25, 0.3) is 0 Å². The summed E-state index contributed by atoms with van der Waals surface area (Å²) in [5.41, 5.74) is 0.805. The van der Waals surface area contributed by atoms with E-state index in [4.69, 9.17) is 4.74 Å². The second-order valence-corrected chi connectivity index (χ2v) is 3.39. The first-order chi connectivity index (χ1) is 6.29.